The van der Waals surface area contributed by atoms with Gasteiger partial charge in [0.1, 0.15) is 5.88 Å². The van der Waals surface area contributed by atoms with Gasteiger partial charge in [-0.3, -0.25) is 9.36 Å². The number of aromatic nitrogens is 5. The molecule has 0 radical (unpaired) electrons. The van der Waals surface area contributed by atoms with Crippen molar-refractivity contribution in [3.63, 3.8) is 0 Å². The number of aryl methyl sites for hydroxylation is 1. The molecule has 2 aromatic heterocycles. The molecule has 10 nitrogen and oxygen atoms in total. The van der Waals surface area contributed by atoms with Crippen LogP contribution in [-0.2, 0) is 9.53 Å². The van der Waals surface area contributed by atoms with Crippen molar-refractivity contribution in [2.45, 2.75) is 13.3 Å². The highest BCUT2D eigenvalue weighted by atomic mass is 35.5. The Hall–Kier alpha value is -3.12. The number of alkyl halides is 3. The number of anilines is 2. The van der Waals surface area contributed by atoms with E-state index in [1.54, 1.807) is 17.0 Å². The quantitative estimate of drug-likeness (QED) is 0.486. The molecule has 13 heteroatoms. The van der Waals surface area contributed by atoms with E-state index in [4.69, 9.17) is 16.3 Å². The van der Waals surface area contributed by atoms with Gasteiger partial charge < -0.3 is 19.4 Å². The van der Waals surface area contributed by atoms with Crippen molar-refractivity contribution in [1.29, 1.82) is 0 Å². The van der Waals surface area contributed by atoms with Crippen LogP contribution in [0.2, 0.25) is 0 Å². The molecule has 1 aromatic carbocycles. The van der Waals surface area contributed by atoms with Crippen molar-refractivity contribution < 1.29 is 18.3 Å². The second-order valence-electron chi connectivity index (χ2n) is 8.39. The molecule has 3 aromatic rings. The van der Waals surface area contributed by atoms with E-state index in [1.165, 1.54) is 4.57 Å². The van der Waals surface area contributed by atoms with Gasteiger partial charge in [-0.05, 0) is 18.6 Å². The molecular formula is C22H25ClF2N8O2. The van der Waals surface area contributed by atoms with Crippen molar-refractivity contribution in [3.05, 3.63) is 29.6 Å². The van der Waals surface area contributed by atoms with Crippen LogP contribution < -0.4 is 9.80 Å². The first-order valence-electron chi connectivity index (χ1n) is 11.4. The molecule has 35 heavy (non-hydrogen) atoms. The SMILES string of the molecule is Cc1cccc2c1nc(C(F)F)n2-c1nc(N2CCOCC2)nc(N2CCN(C(=O)CCl)CC2)n1. The standard InChI is InChI=1S/C22H25ClF2N8O2/c1-14-3-2-4-15-17(14)26-19(18(24)25)33(15)22-28-20(27-21(29-22)32-9-11-35-12-10-32)31-7-5-30(6-8-31)16(34)13-23/h2-4,18H,5-13H2,1H3. The summed E-state index contributed by atoms with van der Waals surface area (Å²) in [7, 11) is 0. The number of nitrogens with zero attached hydrogens (tertiary/aromatic N) is 8. The highest BCUT2D eigenvalue weighted by molar-refractivity contribution is 6.27. The molecule has 2 aliphatic heterocycles. The van der Waals surface area contributed by atoms with Gasteiger partial charge in [-0.2, -0.15) is 15.0 Å². The molecule has 1 amide bonds. The van der Waals surface area contributed by atoms with Crippen molar-refractivity contribution >= 4 is 40.4 Å². The number of benzene rings is 1. The van der Waals surface area contributed by atoms with Gasteiger partial charge >= 0.3 is 0 Å². The van der Waals surface area contributed by atoms with Gasteiger partial charge in [0.2, 0.25) is 23.8 Å². The Morgan fingerprint density at radius 2 is 1.60 bits per heavy atom. The predicted octanol–water partition coefficient (Wildman–Crippen LogP) is 2.18. The molecule has 4 heterocycles. The summed E-state index contributed by atoms with van der Waals surface area (Å²) in [5, 5.41) is 0. The van der Waals surface area contributed by atoms with Crippen molar-refractivity contribution in [2.75, 3.05) is 68.2 Å². The monoisotopic (exact) mass is 506 g/mol. The van der Waals surface area contributed by atoms with Crippen LogP contribution >= 0.6 is 11.6 Å². The van der Waals surface area contributed by atoms with Crippen LogP contribution in [0, 0.1) is 6.92 Å². The Kier molecular flexibility index (Phi) is 6.65. The van der Waals surface area contributed by atoms with Gasteiger partial charge in [0.25, 0.3) is 6.43 Å². The van der Waals surface area contributed by atoms with Crippen LogP contribution in [0.1, 0.15) is 17.8 Å². The van der Waals surface area contributed by atoms with Crippen molar-refractivity contribution in [1.82, 2.24) is 29.4 Å². The summed E-state index contributed by atoms with van der Waals surface area (Å²) in [5.41, 5.74) is 1.76. The number of fused-ring (bicyclic) bond motifs is 1. The van der Waals surface area contributed by atoms with Crippen LogP contribution in [-0.4, -0.2) is 93.7 Å². The summed E-state index contributed by atoms with van der Waals surface area (Å²) >= 11 is 5.70. The fourth-order valence-electron chi connectivity index (χ4n) is 4.34. The van der Waals surface area contributed by atoms with Gasteiger partial charge in [0.05, 0.1) is 24.2 Å². The van der Waals surface area contributed by atoms with E-state index in [1.807, 2.05) is 22.8 Å². The third-order valence-corrected chi connectivity index (χ3v) is 6.46. The lowest BCUT2D eigenvalue weighted by molar-refractivity contribution is -0.128. The molecular weight excluding hydrogens is 482 g/mol. The number of rotatable bonds is 5. The van der Waals surface area contributed by atoms with E-state index < -0.39 is 12.2 Å². The summed E-state index contributed by atoms with van der Waals surface area (Å²) in [6.07, 6.45) is -2.82. The third-order valence-electron chi connectivity index (χ3n) is 6.23. The number of ether oxygens (including phenoxy) is 1. The first-order valence-corrected chi connectivity index (χ1v) is 11.9. The summed E-state index contributed by atoms with van der Waals surface area (Å²) in [6.45, 7) is 5.92. The summed E-state index contributed by atoms with van der Waals surface area (Å²) in [5.74, 6) is 0.224. The Labute approximate surface area is 205 Å². The number of amides is 1. The molecule has 2 aliphatic rings. The summed E-state index contributed by atoms with van der Waals surface area (Å²) in [4.78, 5) is 35.7. The second kappa shape index (κ2) is 9.86. The Morgan fingerprint density at radius 3 is 2.23 bits per heavy atom. The molecule has 0 atom stereocenters. The van der Waals surface area contributed by atoms with Crippen LogP contribution in [0.5, 0.6) is 0 Å². The van der Waals surface area contributed by atoms with E-state index in [0.29, 0.717) is 75.4 Å². The molecule has 2 saturated heterocycles. The van der Waals surface area contributed by atoms with E-state index in [2.05, 4.69) is 19.9 Å². The number of morpholine rings is 1. The van der Waals surface area contributed by atoms with Gasteiger partial charge in [-0.15, -0.1) is 11.6 Å². The maximum atomic E-state index is 14.1. The summed E-state index contributed by atoms with van der Waals surface area (Å²) < 4.78 is 35.0. The minimum absolute atomic E-state index is 0.0688. The fraction of sp³-hybridized carbons (Fsp3) is 0.500. The lowest BCUT2D eigenvalue weighted by Gasteiger charge is -2.35. The number of piperazine rings is 1. The zero-order valence-corrected chi connectivity index (χ0v) is 20.0. The lowest BCUT2D eigenvalue weighted by Crippen LogP contribution is -2.50. The van der Waals surface area contributed by atoms with Gasteiger partial charge in [0.15, 0.2) is 5.82 Å². The van der Waals surface area contributed by atoms with E-state index in [-0.39, 0.29) is 17.7 Å². The molecule has 186 valence electrons. The molecule has 0 saturated carbocycles. The molecule has 2 fully saturated rings. The average molecular weight is 507 g/mol. The minimum Gasteiger partial charge on any atom is -0.378 e. The Morgan fingerprint density at radius 1 is 0.971 bits per heavy atom. The Bertz CT molecular complexity index is 1230. The van der Waals surface area contributed by atoms with Crippen LogP contribution in [0.15, 0.2) is 18.2 Å². The van der Waals surface area contributed by atoms with E-state index in [9.17, 15) is 13.6 Å². The van der Waals surface area contributed by atoms with Crippen LogP contribution in [0.3, 0.4) is 0 Å². The van der Waals surface area contributed by atoms with Crippen LogP contribution in [0.4, 0.5) is 20.7 Å². The summed E-state index contributed by atoms with van der Waals surface area (Å²) in [6, 6.07) is 5.35. The number of hydrogen-bond donors (Lipinski definition) is 0. The first-order chi connectivity index (χ1) is 17.0. The molecule has 0 aliphatic carbocycles. The van der Waals surface area contributed by atoms with Crippen molar-refractivity contribution in [2.24, 2.45) is 0 Å². The minimum atomic E-state index is -2.82. The number of halogens is 3. The Balaban J connectivity index is 1.60. The number of para-hydroxylation sites is 1. The number of imidazole rings is 1. The van der Waals surface area contributed by atoms with Gasteiger partial charge in [-0.25, -0.2) is 13.8 Å². The maximum absolute atomic E-state index is 14.1. The normalized spacial score (nSPS) is 17.0. The zero-order valence-electron chi connectivity index (χ0n) is 19.2. The smallest absolute Gasteiger partial charge is 0.296 e. The van der Waals surface area contributed by atoms with E-state index >= 15 is 0 Å². The maximum Gasteiger partial charge on any atom is 0.296 e. The number of carbonyl (C=O) groups excluding carboxylic acids is 1. The first kappa shape index (κ1) is 23.6. The molecule has 0 spiro atoms. The molecule has 0 unspecified atom stereocenters. The number of hydrogen-bond acceptors (Lipinski definition) is 8. The average Bonchev–Trinajstić information content (AvgIpc) is 3.30. The number of carbonyl (C=O) groups is 1. The zero-order chi connectivity index (χ0) is 24.5. The predicted molar refractivity (Wildman–Crippen MR) is 127 cm³/mol. The second-order valence-corrected chi connectivity index (χ2v) is 8.65. The largest absolute Gasteiger partial charge is 0.378 e. The third kappa shape index (κ3) is 4.59. The highest BCUT2D eigenvalue weighted by Gasteiger charge is 2.28. The lowest BCUT2D eigenvalue weighted by atomic mass is 10.2. The van der Waals surface area contributed by atoms with Crippen molar-refractivity contribution in [3.8, 4) is 5.95 Å². The fourth-order valence-corrected chi connectivity index (χ4v) is 4.51. The highest BCUT2D eigenvalue weighted by Crippen LogP contribution is 2.29. The van der Waals surface area contributed by atoms with Gasteiger partial charge in [-0.1, -0.05) is 12.1 Å². The molecule has 0 N–H and O–H groups in total. The molecule has 5 rings (SSSR count). The molecule has 0 bridgehead atoms. The van der Waals surface area contributed by atoms with E-state index in [0.717, 1.165) is 5.56 Å². The van der Waals surface area contributed by atoms with Gasteiger partial charge in [0, 0.05) is 39.3 Å². The topological polar surface area (TPSA) is 92.5 Å². The van der Waals surface area contributed by atoms with Crippen LogP contribution in [0.25, 0.3) is 17.0 Å².